The van der Waals surface area contributed by atoms with E-state index in [2.05, 4.69) is 184 Å². The molecule has 0 aliphatic carbocycles. The average Bonchev–Trinajstić information content (AvgIpc) is 3.24. The molecule has 4 aliphatic rings. The van der Waals surface area contributed by atoms with Gasteiger partial charge in [-0.15, -0.1) is 0 Å². The number of hydrogen-bond acceptors (Lipinski definition) is 6. The van der Waals surface area contributed by atoms with Gasteiger partial charge >= 0.3 is 6.85 Å². The fourth-order valence-electron chi connectivity index (χ4n) is 8.77. The molecule has 0 spiro atoms. The standard InChI is InChI=1S/C48H30BN3O2S/c1-4-15-31(16-5-1)50(32-17-6-2-7-18-32)34-27-36-35-29-44-46(55-45-26-13-12-24-42(45)54-44)30-39(35)52(33-19-8-3-9-20-33)49-37-21-14-25-43-48(37)51(40(28-34)47(36)49)38-22-10-11-23-41(38)53-43/h1-30H. The van der Waals surface area contributed by atoms with E-state index in [-0.39, 0.29) is 6.85 Å². The Morgan fingerprint density at radius 3 is 1.89 bits per heavy atom. The van der Waals surface area contributed by atoms with E-state index in [0.29, 0.717) is 0 Å². The van der Waals surface area contributed by atoms with Crippen LogP contribution in [0.15, 0.2) is 192 Å². The van der Waals surface area contributed by atoms with Crippen molar-refractivity contribution < 1.29 is 9.47 Å². The summed E-state index contributed by atoms with van der Waals surface area (Å²) in [5, 5.41) is 0. The monoisotopic (exact) mass is 723 g/mol. The SMILES string of the molecule is c1ccc(N2B3c4cccc5c4N(c4ccccc4O5)c4cc(N(c5ccccc5)c5ccccc5)cc(c43)-c3cc4c(cc32)Sc2ccccc2O4)cc1. The molecule has 7 heteroatoms. The molecule has 8 aromatic rings. The lowest BCUT2D eigenvalue weighted by Gasteiger charge is -2.47. The lowest BCUT2D eigenvalue weighted by Crippen LogP contribution is -2.61. The second kappa shape index (κ2) is 11.8. The first-order valence-corrected chi connectivity index (χ1v) is 19.4. The topological polar surface area (TPSA) is 28.2 Å². The Bertz CT molecular complexity index is 2800. The van der Waals surface area contributed by atoms with Crippen LogP contribution < -0.4 is 35.0 Å². The first-order valence-electron chi connectivity index (χ1n) is 18.5. The number of anilines is 8. The number of benzene rings is 8. The summed E-state index contributed by atoms with van der Waals surface area (Å²) in [4.78, 5) is 9.54. The van der Waals surface area contributed by atoms with Crippen LogP contribution in [0.4, 0.5) is 45.5 Å². The van der Waals surface area contributed by atoms with Crippen LogP contribution in [0.2, 0.25) is 0 Å². The van der Waals surface area contributed by atoms with E-state index in [9.17, 15) is 0 Å². The van der Waals surface area contributed by atoms with E-state index in [1.54, 1.807) is 11.8 Å². The van der Waals surface area contributed by atoms with Gasteiger partial charge in [0.25, 0.3) is 0 Å². The molecule has 5 nitrogen and oxygen atoms in total. The highest BCUT2D eigenvalue weighted by Gasteiger charge is 2.48. The third-order valence-electron chi connectivity index (χ3n) is 11.0. The molecule has 0 radical (unpaired) electrons. The van der Waals surface area contributed by atoms with Crippen LogP contribution in [-0.4, -0.2) is 6.85 Å². The first kappa shape index (κ1) is 30.6. The molecular weight excluding hydrogens is 693 g/mol. The summed E-state index contributed by atoms with van der Waals surface area (Å²) in [6.45, 7) is -0.143. The molecule has 0 fully saturated rings. The smallest absolute Gasteiger partial charge is 0.333 e. The van der Waals surface area contributed by atoms with Gasteiger partial charge < -0.3 is 24.1 Å². The van der Waals surface area contributed by atoms with Crippen molar-refractivity contribution in [2.45, 2.75) is 9.79 Å². The van der Waals surface area contributed by atoms with Crippen molar-refractivity contribution in [2.75, 3.05) is 14.6 Å². The van der Waals surface area contributed by atoms with E-state index in [1.165, 1.54) is 16.5 Å². The Labute approximate surface area is 323 Å². The van der Waals surface area contributed by atoms with Crippen LogP contribution in [-0.2, 0) is 0 Å². The van der Waals surface area contributed by atoms with Crippen LogP contribution in [0, 0.1) is 0 Å². The van der Waals surface area contributed by atoms with Gasteiger partial charge in [0.1, 0.15) is 11.5 Å². The minimum Gasteiger partial charge on any atom is -0.455 e. The second-order valence-electron chi connectivity index (χ2n) is 14.1. The first-order chi connectivity index (χ1) is 27.3. The Hall–Kier alpha value is -6.83. The van der Waals surface area contributed by atoms with Crippen LogP contribution in [0.5, 0.6) is 23.0 Å². The van der Waals surface area contributed by atoms with Gasteiger partial charge in [-0.05, 0) is 107 Å². The number of nitrogens with zero attached hydrogens (tertiary/aromatic N) is 3. The van der Waals surface area contributed by atoms with Crippen molar-refractivity contribution in [3.05, 3.63) is 182 Å². The molecule has 0 N–H and O–H groups in total. The van der Waals surface area contributed by atoms with Crippen molar-refractivity contribution in [1.82, 2.24) is 0 Å². The molecule has 0 saturated carbocycles. The molecule has 0 saturated heterocycles. The summed E-state index contributed by atoms with van der Waals surface area (Å²) in [5.41, 5.74) is 13.4. The molecule has 0 atom stereocenters. The van der Waals surface area contributed by atoms with Gasteiger partial charge in [-0.1, -0.05) is 103 Å². The van der Waals surface area contributed by atoms with E-state index >= 15 is 0 Å². The maximum absolute atomic E-state index is 6.72. The molecule has 0 amide bonds. The normalized spacial score (nSPS) is 13.6. The highest BCUT2D eigenvalue weighted by Crippen LogP contribution is 2.57. The number of ether oxygens (including phenoxy) is 2. The predicted octanol–water partition coefficient (Wildman–Crippen LogP) is 12.2. The summed E-state index contributed by atoms with van der Waals surface area (Å²) in [5.74, 6) is 3.44. The zero-order valence-corrected chi connectivity index (χ0v) is 30.3. The third kappa shape index (κ3) is 4.57. The van der Waals surface area contributed by atoms with Crippen molar-refractivity contribution in [2.24, 2.45) is 0 Å². The van der Waals surface area contributed by atoms with Gasteiger partial charge in [0.2, 0.25) is 0 Å². The van der Waals surface area contributed by atoms with Gasteiger partial charge in [-0.3, -0.25) is 0 Å². The maximum atomic E-state index is 6.72. The fraction of sp³-hybridized carbons (Fsp3) is 0. The maximum Gasteiger partial charge on any atom is 0.333 e. The lowest BCUT2D eigenvalue weighted by atomic mass is 9.43. The molecule has 4 aliphatic heterocycles. The van der Waals surface area contributed by atoms with Crippen molar-refractivity contribution in [3.63, 3.8) is 0 Å². The molecule has 0 unspecified atom stereocenters. The van der Waals surface area contributed by atoms with Gasteiger partial charge in [0.15, 0.2) is 11.5 Å². The number of para-hydroxylation sites is 7. The van der Waals surface area contributed by atoms with Crippen LogP contribution >= 0.6 is 11.8 Å². The largest absolute Gasteiger partial charge is 0.455 e. The Morgan fingerprint density at radius 2 is 1.11 bits per heavy atom. The van der Waals surface area contributed by atoms with Crippen molar-refractivity contribution in [3.8, 4) is 34.1 Å². The van der Waals surface area contributed by atoms with Crippen molar-refractivity contribution >= 4 is 75.0 Å². The highest BCUT2D eigenvalue weighted by molar-refractivity contribution is 7.99. The lowest BCUT2D eigenvalue weighted by molar-refractivity contribution is 0.455. The highest BCUT2D eigenvalue weighted by atomic mass is 32.2. The summed E-state index contributed by atoms with van der Waals surface area (Å²) in [6, 6.07) is 64.7. The van der Waals surface area contributed by atoms with Gasteiger partial charge in [0.05, 0.1) is 21.2 Å². The Kier molecular flexibility index (Phi) is 6.59. The quantitative estimate of drug-likeness (QED) is 0.168. The summed E-state index contributed by atoms with van der Waals surface area (Å²) >= 11 is 1.77. The number of fused-ring (bicyclic) bond motifs is 8. The molecule has 55 heavy (non-hydrogen) atoms. The van der Waals surface area contributed by atoms with E-state index < -0.39 is 0 Å². The van der Waals surface area contributed by atoms with Crippen LogP contribution in [0.25, 0.3) is 11.1 Å². The molecule has 8 aromatic carbocycles. The zero-order chi connectivity index (χ0) is 36.0. The molecule has 258 valence electrons. The number of rotatable bonds is 4. The van der Waals surface area contributed by atoms with E-state index in [1.807, 2.05) is 12.1 Å². The minimum absolute atomic E-state index is 0.143. The van der Waals surface area contributed by atoms with Gasteiger partial charge in [-0.2, -0.15) is 0 Å². The summed E-state index contributed by atoms with van der Waals surface area (Å²) in [7, 11) is 0. The third-order valence-corrected chi connectivity index (χ3v) is 12.1. The number of hydrogen-bond donors (Lipinski definition) is 0. The van der Waals surface area contributed by atoms with E-state index in [0.717, 1.165) is 83.9 Å². The molecule has 12 rings (SSSR count). The van der Waals surface area contributed by atoms with Gasteiger partial charge in [-0.25, -0.2) is 0 Å². The second-order valence-corrected chi connectivity index (χ2v) is 15.2. The molecule has 0 aromatic heterocycles. The fourth-order valence-corrected chi connectivity index (χ4v) is 9.73. The van der Waals surface area contributed by atoms with E-state index in [4.69, 9.17) is 9.47 Å². The zero-order valence-electron chi connectivity index (χ0n) is 29.5. The Balaban J connectivity index is 1.21. The molecular formula is C48H30BN3O2S. The van der Waals surface area contributed by atoms with Crippen molar-refractivity contribution in [1.29, 1.82) is 0 Å². The molecule has 0 bridgehead atoms. The minimum atomic E-state index is -0.143. The van der Waals surface area contributed by atoms with Gasteiger partial charge in [0, 0.05) is 39.7 Å². The predicted molar refractivity (Wildman–Crippen MR) is 226 cm³/mol. The Morgan fingerprint density at radius 1 is 0.455 bits per heavy atom. The van der Waals surface area contributed by atoms with Crippen LogP contribution in [0.1, 0.15) is 0 Å². The molecule has 4 heterocycles. The summed E-state index contributed by atoms with van der Waals surface area (Å²) in [6.07, 6.45) is 0. The summed E-state index contributed by atoms with van der Waals surface area (Å²) < 4.78 is 13.4. The van der Waals surface area contributed by atoms with Crippen LogP contribution in [0.3, 0.4) is 0 Å². The average molecular weight is 724 g/mol.